The molecule has 1 atom stereocenters. The molecular formula is C16H20N6O5S. The number of nitrogens with zero attached hydrogens (tertiary/aromatic N) is 5. The van der Waals surface area contributed by atoms with Crippen LogP contribution in [0.1, 0.15) is 12.8 Å². The topological polar surface area (TPSA) is 134 Å². The van der Waals surface area contributed by atoms with Gasteiger partial charge in [-0.1, -0.05) is 11.3 Å². The van der Waals surface area contributed by atoms with E-state index in [2.05, 4.69) is 20.2 Å². The van der Waals surface area contributed by atoms with Gasteiger partial charge >= 0.3 is 11.8 Å². The predicted octanol–water partition coefficient (Wildman–Crippen LogP) is 1.67. The smallest absolute Gasteiger partial charge is 0.404 e. The van der Waals surface area contributed by atoms with Gasteiger partial charge in [0.15, 0.2) is 10.8 Å². The minimum absolute atomic E-state index is 0.0827. The second kappa shape index (κ2) is 7.72. The summed E-state index contributed by atoms with van der Waals surface area (Å²) in [4.78, 5) is 35.1. The highest BCUT2D eigenvalue weighted by Crippen LogP contribution is 2.36. The number of hydrogen-bond acceptors (Lipinski definition) is 9. The van der Waals surface area contributed by atoms with Crippen LogP contribution < -0.4 is 15.1 Å². The standard InChI is InChI=1S/C16H20N6O5S/c23-16(24)17-10-2-1-3-21(9-10)14-11(22(25)26)8-12-13(18-14)19-15(28-12)20-4-6-27-7-5-20/h8,10,17H,1-7,9H2,(H,23,24). The van der Waals surface area contributed by atoms with E-state index < -0.39 is 11.0 Å². The highest BCUT2D eigenvalue weighted by atomic mass is 32.1. The van der Waals surface area contributed by atoms with Crippen LogP contribution in [-0.2, 0) is 4.74 Å². The number of nitrogens with one attached hydrogen (secondary N) is 1. The lowest BCUT2D eigenvalue weighted by Gasteiger charge is -2.32. The number of hydrogen-bond donors (Lipinski definition) is 2. The fourth-order valence-corrected chi connectivity index (χ4v) is 4.55. The Morgan fingerprint density at radius 3 is 2.82 bits per heavy atom. The zero-order chi connectivity index (χ0) is 19.7. The fourth-order valence-electron chi connectivity index (χ4n) is 3.55. The van der Waals surface area contributed by atoms with Crippen LogP contribution in [0.3, 0.4) is 0 Å². The molecule has 2 aliphatic rings. The van der Waals surface area contributed by atoms with Gasteiger partial charge < -0.3 is 25.0 Å². The molecule has 0 radical (unpaired) electrons. The van der Waals surface area contributed by atoms with Crippen LogP contribution in [-0.4, -0.2) is 71.5 Å². The minimum Gasteiger partial charge on any atom is -0.465 e. The average Bonchev–Trinajstić information content (AvgIpc) is 3.10. The summed E-state index contributed by atoms with van der Waals surface area (Å²) in [7, 11) is 0. The van der Waals surface area contributed by atoms with Crippen LogP contribution in [0.2, 0.25) is 0 Å². The molecule has 0 aliphatic carbocycles. The maximum absolute atomic E-state index is 11.7. The summed E-state index contributed by atoms with van der Waals surface area (Å²) in [5, 5.41) is 23.9. The number of anilines is 2. The number of rotatable bonds is 4. The number of morpholine rings is 1. The van der Waals surface area contributed by atoms with Gasteiger partial charge in [0.25, 0.3) is 0 Å². The van der Waals surface area contributed by atoms with Crippen LogP contribution in [0.5, 0.6) is 0 Å². The second-order valence-electron chi connectivity index (χ2n) is 6.74. The van der Waals surface area contributed by atoms with Crippen molar-refractivity contribution < 1.29 is 19.6 Å². The monoisotopic (exact) mass is 408 g/mol. The minimum atomic E-state index is -1.10. The van der Waals surface area contributed by atoms with Crippen molar-refractivity contribution in [3.63, 3.8) is 0 Å². The Balaban J connectivity index is 1.67. The first-order valence-corrected chi connectivity index (χ1v) is 9.86. The van der Waals surface area contributed by atoms with Crippen LogP contribution in [0.25, 0.3) is 10.3 Å². The summed E-state index contributed by atoms with van der Waals surface area (Å²) in [5.74, 6) is 0.244. The van der Waals surface area contributed by atoms with Gasteiger partial charge in [0.05, 0.1) is 22.8 Å². The lowest BCUT2D eigenvalue weighted by atomic mass is 10.1. The number of amides is 1. The summed E-state index contributed by atoms with van der Waals surface area (Å²) < 4.78 is 6.02. The van der Waals surface area contributed by atoms with E-state index in [9.17, 15) is 14.9 Å². The number of thiazole rings is 1. The van der Waals surface area contributed by atoms with E-state index in [0.29, 0.717) is 43.1 Å². The van der Waals surface area contributed by atoms with Crippen molar-refractivity contribution in [2.24, 2.45) is 0 Å². The highest BCUT2D eigenvalue weighted by molar-refractivity contribution is 7.22. The molecule has 150 valence electrons. The fraction of sp³-hybridized carbons (Fsp3) is 0.562. The highest BCUT2D eigenvalue weighted by Gasteiger charge is 2.29. The SMILES string of the molecule is O=C(O)NC1CCCN(c2nc3nc(N4CCOCC4)sc3cc2[N+](=O)[O-])C1. The predicted molar refractivity (Wildman–Crippen MR) is 103 cm³/mol. The van der Waals surface area contributed by atoms with Crippen molar-refractivity contribution >= 4 is 44.4 Å². The van der Waals surface area contributed by atoms with Gasteiger partial charge in [0.2, 0.25) is 5.82 Å². The van der Waals surface area contributed by atoms with Crippen LogP contribution >= 0.6 is 11.3 Å². The van der Waals surface area contributed by atoms with Crippen LogP contribution in [0, 0.1) is 10.1 Å². The van der Waals surface area contributed by atoms with Crippen molar-refractivity contribution in [2.75, 3.05) is 49.2 Å². The molecule has 0 bridgehead atoms. The lowest BCUT2D eigenvalue weighted by Crippen LogP contribution is -2.47. The van der Waals surface area contributed by atoms with E-state index in [-0.39, 0.29) is 17.5 Å². The first-order valence-electron chi connectivity index (χ1n) is 9.04. The molecule has 0 spiro atoms. The maximum atomic E-state index is 11.7. The summed E-state index contributed by atoms with van der Waals surface area (Å²) in [6.45, 7) is 3.62. The molecule has 2 aromatic rings. The Kier molecular flexibility index (Phi) is 5.13. The van der Waals surface area contributed by atoms with E-state index in [1.165, 1.54) is 17.4 Å². The molecule has 2 N–H and O–H groups in total. The van der Waals surface area contributed by atoms with Gasteiger partial charge in [-0.15, -0.1) is 0 Å². The number of carboxylic acid groups (broad SMARTS) is 1. The van der Waals surface area contributed by atoms with Crippen LogP contribution in [0.15, 0.2) is 6.07 Å². The normalized spacial score (nSPS) is 20.4. The second-order valence-corrected chi connectivity index (χ2v) is 7.75. The summed E-state index contributed by atoms with van der Waals surface area (Å²) in [6.07, 6.45) is 0.314. The molecule has 4 heterocycles. The molecular weight excluding hydrogens is 388 g/mol. The summed E-state index contributed by atoms with van der Waals surface area (Å²) >= 11 is 1.38. The average molecular weight is 408 g/mol. The molecule has 28 heavy (non-hydrogen) atoms. The van der Waals surface area contributed by atoms with E-state index in [1.54, 1.807) is 4.90 Å². The summed E-state index contributed by atoms with van der Waals surface area (Å²) in [5.41, 5.74) is 0.390. The Hall–Kier alpha value is -2.73. The number of piperidine rings is 1. The Morgan fingerprint density at radius 1 is 1.32 bits per heavy atom. The number of nitro groups is 1. The van der Waals surface area contributed by atoms with Crippen molar-refractivity contribution in [3.8, 4) is 0 Å². The van der Waals surface area contributed by atoms with Crippen molar-refractivity contribution in [1.82, 2.24) is 15.3 Å². The third kappa shape index (κ3) is 3.78. The largest absolute Gasteiger partial charge is 0.465 e. The van der Waals surface area contributed by atoms with Gasteiger partial charge in [-0.05, 0) is 12.8 Å². The molecule has 1 unspecified atom stereocenters. The van der Waals surface area contributed by atoms with Gasteiger partial charge in [-0.25, -0.2) is 9.78 Å². The third-order valence-electron chi connectivity index (χ3n) is 4.86. The molecule has 2 aliphatic heterocycles. The molecule has 1 amide bonds. The van der Waals surface area contributed by atoms with Crippen molar-refractivity contribution in [2.45, 2.75) is 18.9 Å². The van der Waals surface area contributed by atoms with Crippen molar-refractivity contribution in [1.29, 1.82) is 0 Å². The first-order chi connectivity index (χ1) is 13.5. The number of fused-ring (bicyclic) bond motifs is 1. The van der Waals surface area contributed by atoms with Gasteiger partial charge in [-0.2, -0.15) is 4.98 Å². The molecule has 2 saturated heterocycles. The third-order valence-corrected chi connectivity index (χ3v) is 5.91. The number of carbonyl (C=O) groups is 1. The molecule has 11 nitrogen and oxygen atoms in total. The maximum Gasteiger partial charge on any atom is 0.404 e. The van der Waals surface area contributed by atoms with E-state index in [1.807, 2.05) is 0 Å². The molecule has 2 fully saturated rings. The number of ether oxygens (including phenoxy) is 1. The molecule has 4 rings (SSSR count). The van der Waals surface area contributed by atoms with E-state index in [0.717, 1.165) is 24.6 Å². The first kappa shape index (κ1) is 18.6. The van der Waals surface area contributed by atoms with E-state index in [4.69, 9.17) is 9.84 Å². The van der Waals surface area contributed by atoms with Gasteiger partial charge in [-0.3, -0.25) is 10.1 Å². The van der Waals surface area contributed by atoms with Gasteiger partial charge in [0.1, 0.15) is 0 Å². The Bertz CT molecular complexity index is 899. The quantitative estimate of drug-likeness (QED) is 0.572. The van der Waals surface area contributed by atoms with Crippen LogP contribution in [0.4, 0.5) is 21.4 Å². The number of pyridine rings is 1. The van der Waals surface area contributed by atoms with Crippen molar-refractivity contribution in [3.05, 3.63) is 16.2 Å². The summed E-state index contributed by atoms with van der Waals surface area (Å²) in [6, 6.07) is 1.23. The molecule has 2 aromatic heterocycles. The Labute approximate surface area is 164 Å². The zero-order valence-corrected chi connectivity index (χ0v) is 15.9. The number of aromatic nitrogens is 2. The zero-order valence-electron chi connectivity index (χ0n) is 15.0. The molecule has 0 aromatic carbocycles. The van der Waals surface area contributed by atoms with Gasteiger partial charge in [0, 0.05) is 38.3 Å². The lowest BCUT2D eigenvalue weighted by molar-refractivity contribution is -0.384. The Morgan fingerprint density at radius 2 is 2.11 bits per heavy atom. The van der Waals surface area contributed by atoms with E-state index >= 15 is 0 Å². The molecule has 0 saturated carbocycles. The molecule has 12 heteroatoms.